The molecule has 0 aliphatic rings. The van der Waals surface area contributed by atoms with E-state index in [2.05, 4.69) is 10.6 Å². The van der Waals surface area contributed by atoms with Gasteiger partial charge in [-0.15, -0.1) is 0 Å². The standard InChI is InChI=1S/C19H20Cl2N2O2/c1-12-7-9-13(10-8-12)11-22-17(24)19(2,3)18(25)23-16-14(20)5-4-6-15(16)21/h4-10H,11H2,1-3H3,(H,22,24)(H,23,25). The molecular formula is C19H20Cl2N2O2. The molecule has 0 fully saturated rings. The lowest BCUT2D eigenvalue weighted by Crippen LogP contribution is -2.44. The molecule has 0 radical (unpaired) electrons. The zero-order valence-corrected chi connectivity index (χ0v) is 15.8. The van der Waals surface area contributed by atoms with Crippen LogP contribution >= 0.6 is 23.2 Å². The van der Waals surface area contributed by atoms with Crippen LogP contribution in [0.4, 0.5) is 5.69 Å². The van der Waals surface area contributed by atoms with Crippen LogP contribution in [-0.4, -0.2) is 11.8 Å². The number of para-hydroxylation sites is 1. The van der Waals surface area contributed by atoms with Crippen molar-refractivity contribution in [3.63, 3.8) is 0 Å². The van der Waals surface area contributed by atoms with Gasteiger partial charge >= 0.3 is 0 Å². The van der Waals surface area contributed by atoms with Gasteiger partial charge in [0.15, 0.2) is 0 Å². The van der Waals surface area contributed by atoms with Gasteiger partial charge in [-0.05, 0) is 38.5 Å². The first-order valence-corrected chi connectivity index (χ1v) is 8.56. The number of benzene rings is 2. The molecule has 0 spiro atoms. The molecule has 2 aromatic carbocycles. The van der Waals surface area contributed by atoms with E-state index in [-0.39, 0.29) is 5.91 Å². The second-order valence-corrected chi connectivity index (χ2v) is 7.16. The molecule has 2 amide bonds. The predicted molar refractivity (Wildman–Crippen MR) is 102 cm³/mol. The molecule has 0 saturated carbocycles. The van der Waals surface area contributed by atoms with Crippen LogP contribution in [0.1, 0.15) is 25.0 Å². The number of amides is 2. The number of hydrogen-bond acceptors (Lipinski definition) is 2. The molecule has 2 N–H and O–H groups in total. The van der Waals surface area contributed by atoms with Crippen LogP contribution in [0.5, 0.6) is 0 Å². The van der Waals surface area contributed by atoms with Crippen LogP contribution < -0.4 is 10.6 Å². The van der Waals surface area contributed by atoms with Gasteiger partial charge in [0.2, 0.25) is 11.8 Å². The van der Waals surface area contributed by atoms with Gasteiger partial charge in [0.1, 0.15) is 5.41 Å². The van der Waals surface area contributed by atoms with Gasteiger partial charge in [0.05, 0.1) is 15.7 Å². The van der Waals surface area contributed by atoms with Crippen LogP contribution in [0.3, 0.4) is 0 Å². The molecule has 0 atom stereocenters. The molecule has 0 aromatic heterocycles. The number of aryl methyl sites for hydroxylation is 1. The monoisotopic (exact) mass is 378 g/mol. The maximum absolute atomic E-state index is 12.5. The molecule has 132 valence electrons. The topological polar surface area (TPSA) is 58.2 Å². The summed E-state index contributed by atoms with van der Waals surface area (Å²) < 4.78 is 0. The van der Waals surface area contributed by atoms with E-state index in [1.807, 2.05) is 31.2 Å². The number of carbonyl (C=O) groups is 2. The predicted octanol–water partition coefficient (Wildman–Crippen LogP) is 4.58. The van der Waals surface area contributed by atoms with E-state index in [0.29, 0.717) is 22.3 Å². The lowest BCUT2D eigenvalue weighted by Gasteiger charge is -2.23. The summed E-state index contributed by atoms with van der Waals surface area (Å²) in [5.74, 6) is -0.863. The van der Waals surface area contributed by atoms with Crippen molar-refractivity contribution in [1.82, 2.24) is 5.32 Å². The minimum absolute atomic E-state index is 0.301. The summed E-state index contributed by atoms with van der Waals surface area (Å²) in [6.07, 6.45) is 0. The number of halogens is 2. The highest BCUT2D eigenvalue weighted by atomic mass is 35.5. The minimum atomic E-state index is -1.28. The van der Waals surface area contributed by atoms with Crippen molar-refractivity contribution >= 4 is 40.7 Å². The van der Waals surface area contributed by atoms with Crippen LogP contribution in [0.15, 0.2) is 42.5 Å². The van der Waals surface area contributed by atoms with Gasteiger partial charge < -0.3 is 10.6 Å². The molecule has 0 aliphatic heterocycles. The summed E-state index contributed by atoms with van der Waals surface area (Å²) in [7, 11) is 0. The van der Waals surface area contributed by atoms with E-state index >= 15 is 0 Å². The van der Waals surface area contributed by atoms with Crippen molar-refractivity contribution in [3.05, 3.63) is 63.6 Å². The largest absolute Gasteiger partial charge is 0.351 e. The Kier molecular flexibility index (Phi) is 6.09. The smallest absolute Gasteiger partial charge is 0.239 e. The second kappa shape index (κ2) is 7.89. The van der Waals surface area contributed by atoms with Crippen molar-refractivity contribution in [3.8, 4) is 0 Å². The Morgan fingerprint density at radius 3 is 2.08 bits per heavy atom. The van der Waals surface area contributed by atoms with Crippen molar-refractivity contribution in [2.24, 2.45) is 5.41 Å². The summed E-state index contributed by atoms with van der Waals surface area (Å²) in [4.78, 5) is 25.0. The zero-order valence-electron chi connectivity index (χ0n) is 14.3. The fourth-order valence-electron chi connectivity index (χ4n) is 2.10. The number of carbonyl (C=O) groups excluding carboxylic acids is 2. The van der Waals surface area contributed by atoms with Gasteiger partial charge in [-0.1, -0.05) is 59.1 Å². The maximum atomic E-state index is 12.5. The number of nitrogens with one attached hydrogen (secondary N) is 2. The van der Waals surface area contributed by atoms with Gasteiger partial charge in [0, 0.05) is 6.54 Å². The van der Waals surface area contributed by atoms with Crippen molar-refractivity contribution in [2.45, 2.75) is 27.3 Å². The van der Waals surface area contributed by atoms with Crippen molar-refractivity contribution in [2.75, 3.05) is 5.32 Å². The number of rotatable bonds is 5. The van der Waals surface area contributed by atoms with E-state index in [9.17, 15) is 9.59 Å². The minimum Gasteiger partial charge on any atom is -0.351 e. The highest BCUT2D eigenvalue weighted by molar-refractivity contribution is 6.40. The lowest BCUT2D eigenvalue weighted by molar-refractivity contribution is -0.138. The van der Waals surface area contributed by atoms with E-state index in [0.717, 1.165) is 11.1 Å². The first-order valence-electron chi connectivity index (χ1n) is 7.81. The van der Waals surface area contributed by atoms with E-state index in [4.69, 9.17) is 23.2 Å². The first-order chi connectivity index (χ1) is 11.7. The maximum Gasteiger partial charge on any atom is 0.239 e. The van der Waals surface area contributed by atoms with Crippen LogP contribution in [-0.2, 0) is 16.1 Å². The van der Waals surface area contributed by atoms with Crippen molar-refractivity contribution in [1.29, 1.82) is 0 Å². The quantitative estimate of drug-likeness (QED) is 0.747. The molecular weight excluding hydrogens is 359 g/mol. The van der Waals surface area contributed by atoms with Gasteiger partial charge in [-0.2, -0.15) is 0 Å². The van der Waals surface area contributed by atoms with Crippen molar-refractivity contribution < 1.29 is 9.59 Å². The van der Waals surface area contributed by atoms with Gasteiger partial charge in [-0.3, -0.25) is 9.59 Å². The molecule has 0 aliphatic carbocycles. The average molecular weight is 379 g/mol. The molecule has 0 heterocycles. The Bertz CT molecular complexity index is 766. The highest BCUT2D eigenvalue weighted by Gasteiger charge is 2.36. The lowest BCUT2D eigenvalue weighted by atomic mass is 9.90. The highest BCUT2D eigenvalue weighted by Crippen LogP contribution is 2.31. The zero-order chi connectivity index (χ0) is 18.6. The molecule has 0 unspecified atom stereocenters. The normalized spacial score (nSPS) is 11.1. The third-order valence-corrected chi connectivity index (χ3v) is 4.54. The molecule has 25 heavy (non-hydrogen) atoms. The van der Waals surface area contributed by atoms with Crippen LogP contribution in [0.2, 0.25) is 10.0 Å². The Hall–Kier alpha value is -2.04. The van der Waals surface area contributed by atoms with Crippen LogP contribution in [0.25, 0.3) is 0 Å². The Morgan fingerprint density at radius 2 is 1.52 bits per heavy atom. The molecule has 0 bridgehead atoms. The number of hydrogen-bond donors (Lipinski definition) is 2. The summed E-state index contributed by atoms with van der Waals surface area (Å²) in [5.41, 5.74) is 1.12. The van der Waals surface area contributed by atoms with Crippen LogP contribution in [0, 0.1) is 12.3 Å². The fraction of sp³-hybridized carbons (Fsp3) is 0.263. The summed E-state index contributed by atoms with van der Waals surface area (Å²) >= 11 is 12.1. The molecule has 0 saturated heterocycles. The molecule has 2 rings (SSSR count). The summed E-state index contributed by atoms with van der Waals surface area (Å²) in [5, 5.41) is 6.06. The average Bonchev–Trinajstić information content (AvgIpc) is 2.57. The Labute approximate surface area is 157 Å². The second-order valence-electron chi connectivity index (χ2n) is 6.34. The van der Waals surface area contributed by atoms with E-state index in [1.165, 1.54) is 0 Å². The SMILES string of the molecule is Cc1ccc(CNC(=O)C(C)(C)C(=O)Nc2c(Cl)cccc2Cl)cc1. The fourth-order valence-corrected chi connectivity index (χ4v) is 2.59. The molecule has 4 nitrogen and oxygen atoms in total. The third kappa shape index (κ3) is 4.74. The summed E-state index contributed by atoms with van der Waals surface area (Å²) in [6, 6.07) is 12.7. The van der Waals surface area contributed by atoms with Gasteiger partial charge in [0.25, 0.3) is 0 Å². The Balaban J connectivity index is 2.04. The third-order valence-electron chi connectivity index (χ3n) is 3.91. The summed E-state index contributed by atoms with van der Waals surface area (Å²) in [6.45, 7) is 5.45. The molecule has 2 aromatic rings. The first kappa shape index (κ1) is 19.3. The molecule has 6 heteroatoms. The Morgan fingerprint density at radius 1 is 0.960 bits per heavy atom. The van der Waals surface area contributed by atoms with E-state index < -0.39 is 11.3 Å². The number of anilines is 1. The van der Waals surface area contributed by atoms with E-state index in [1.54, 1.807) is 32.0 Å². The van der Waals surface area contributed by atoms with Gasteiger partial charge in [-0.25, -0.2) is 0 Å².